The lowest BCUT2D eigenvalue weighted by molar-refractivity contribution is 0.286. The third-order valence-electron chi connectivity index (χ3n) is 2.18. The second-order valence-electron chi connectivity index (χ2n) is 3.43. The molecule has 0 amide bonds. The largest absolute Gasteiger partial charge is 0.399 e. The number of hydrogen-bond acceptors (Lipinski definition) is 3. The van der Waals surface area contributed by atoms with Crippen molar-refractivity contribution in [1.29, 1.82) is 0 Å². The van der Waals surface area contributed by atoms with E-state index in [9.17, 15) is 0 Å². The first-order valence-electron chi connectivity index (χ1n) is 4.95. The van der Waals surface area contributed by atoms with Crippen molar-refractivity contribution in [1.82, 2.24) is 0 Å². The van der Waals surface area contributed by atoms with Gasteiger partial charge in [0.05, 0.1) is 0 Å². The van der Waals surface area contributed by atoms with Crippen LogP contribution < -0.4 is 11.1 Å². The number of unbranched alkanes of at least 4 members (excludes halogenated alkanes) is 1. The average Bonchev–Trinajstić information content (AvgIpc) is 2.18. The third-order valence-corrected chi connectivity index (χ3v) is 2.18. The normalized spacial score (nSPS) is 10.1. The molecule has 0 heterocycles. The molecular weight excluding hydrogens is 176 g/mol. The molecule has 0 radical (unpaired) electrons. The second kappa shape index (κ2) is 5.50. The van der Waals surface area contributed by atoms with E-state index in [2.05, 4.69) is 5.32 Å². The highest BCUT2D eigenvalue weighted by atomic mass is 16.2. The highest BCUT2D eigenvalue weighted by Gasteiger charge is 1.95. The van der Waals surface area contributed by atoms with Crippen molar-refractivity contribution in [3.8, 4) is 0 Å². The molecule has 0 aliphatic carbocycles. The minimum atomic E-state index is 0.266. The van der Waals surface area contributed by atoms with Gasteiger partial charge in [-0.05, 0) is 43.5 Å². The highest BCUT2D eigenvalue weighted by Crippen LogP contribution is 2.16. The Kier molecular flexibility index (Phi) is 4.26. The molecule has 0 aliphatic heterocycles. The molecule has 3 heteroatoms. The van der Waals surface area contributed by atoms with Crippen LogP contribution in [0.25, 0.3) is 0 Å². The number of rotatable bonds is 5. The quantitative estimate of drug-likeness (QED) is 0.494. The fraction of sp³-hybridized carbons (Fsp3) is 0.455. The number of nitrogen functional groups attached to an aromatic ring is 1. The van der Waals surface area contributed by atoms with Crippen LogP contribution in [0.5, 0.6) is 0 Å². The molecule has 0 spiro atoms. The van der Waals surface area contributed by atoms with Crippen molar-refractivity contribution < 1.29 is 5.11 Å². The fourth-order valence-electron chi connectivity index (χ4n) is 1.26. The Morgan fingerprint density at radius 3 is 2.79 bits per heavy atom. The summed E-state index contributed by atoms with van der Waals surface area (Å²) in [7, 11) is 0. The zero-order valence-corrected chi connectivity index (χ0v) is 8.59. The maximum absolute atomic E-state index is 8.60. The molecular formula is C11H18N2O. The molecule has 0 saturated heterocycles. The Morgan fingerprint density at radius 1 is 1.36 bits per heavy atom. The first-order valence-corrected chi connectivity index (χ1v) is 4.95. The molecule has 0 aliphatic rings. The smallest absolute Gasteiger partial charge is 0.0431 e. The van der Waals surface area contributed by atoms with Gasteiger partial charge in [-0.15, -0.1) is 0 Å². The lowest BCUT2D eigenvalue weighted by Crippen LogP contribution is -2.03. The molecule has 0 fully saturated rings. The summed E-state index contributed by atoms with van der Waals surface area (Å²) < 4.78 is 0. The van der Waals surface area contributed by atoms with Gasteiger partial charge in [0.2, 0.25) is 0 Å². The molecule has 78 valence electrons. The summed E-state index contributed by atoms with van der Waals surface area (Å²) in [6.07, 6.45) is 1.83. The summed E-state index contributed by atoms with van der Waals surface area (Å²) in [6.45, 7) is 3.15. The molecule has 0 aromatic heterocycles. The fourth-order valence-corrected chi connectivity index (χ4v) is 1.26. The summed E-state index contributed by atoms with van der Waals surface area (Å²) in [4.78, 5) is 0. The predicted molar refractivity (Wildman–Crippen MR) is 60.4 cm³/mol. The lowest BCUT2D eigenvalue weighted by atomic mass is 10.2. The number of aryl methyl sites for hydroxylation is 1. The Labute approximate surface area is 84.9 Å². The highest BCUT2D eigenvalue weighted by molar-refractivity contribution is 5.56. The Hall–Kier alpha value is -1.22. The van der Waals surface area contributed by atoms with Gasteiger partial charge in [0.25, 0.3) is 0 Å². The van der Waals surface area contributed by atoms with Crippen LogP contribution in [0.4, 0.5) is 11.4 Å². The molecule has 0 unspecified atom stereocenters. The van der Waals surface area contributed by atoms with E-state index in [4.69, 9.17) is 10.8 Å². The van der Waals surface area contributed by atoms with Gasteiger partial charge in [-0.2, -0.15) is 0 Å². The van der Waals surface area contributed by atoms with Crippen molar-refractivity contribution in [2.75, 3.05) is 24.2 Å². The Morgan fingerprint density at radius 2 is 2.14 bits per heavy atom. The summed E-state index contributed by atoms with van der Waals surface area (Å²) in [5.41, 5.74) is 8.72. The Bertz CT molecular complexity index is 287. The van der Waals surface area contributed by atoms with Crippen LogP contribution in [0.1, 0.15) is 18.4 Å². The van der Waals surface area contributed by atoms with Gasteiger partial charge in [0, 0.05) is 24.5 Å². The summed E-state index contributed by atoms with van der Waals surface area (Å²) in [5, 5.41) is 11.9. The summed E-state index contributed by atoms with van der Waals surface area (Å²) in [6, 6.07) is 5.92. The summed E-state index contributed by atoms with van der Waals surface area (Å²) in [5.74, 6) is 0. The van der Waals surface area contributed by atoms with Crippen molar-refractivity contribution in [2.45, 2.75) is 19.8 Å². The van der Waals surface area contributed by atoms with Gasteiger partial charge in [0.1, 0.15) is 0 Å². The van der Waals surface area contributed by atoms with Crippen LogP contribution in [-0.4, -0.2) is 18.3 Å². The number of hydrogen-bond donors (Lipinski definition) is 3. The number of aliphatic hydroxyl groups excluding tert-OH is 1. The molecule has 14 heavy (non-hydrogen) atoms. The topological polar surface area (TPSA) is 58.3 Å². The van der Waals surface area contributed by atoms with Gasteiger partial charge in [0.15, 0.2) is 0 Å². The number of nitrogens with one attached hydrogen (secondary N) is 1. The van der Waals surface area contributed by atoms with E-state index >= 15 is 0 Å². The molecule has 0 bridgehead atoms. The van der Waals surface area contributed by atoms with Crippen molar-refractivity contribution in [2.24, 2.45) is 0 Å². The van der Waals surface area contributed by atoms with Crippen LogP contribution >= 0.6 is 0 Å². The molecule has 1 rings (SSSR count). The second-order valence-corrected chi connectivity index (χ2v) is 3.43. The van der Waals surface area contributed by atoms with Crippen molar-refractivity contribution >= 4 is 11.4 Å². The van der Waals surface area contributed by atoms with Crippen LogP contribution in [0, 0.1) is 6.92 Å². The zero-order valence-electron chi connectivity index (χ0n) is 8.59. The van der Waals surface area contributed by atoms with Gasteiger partial charge in [-0.3, -0.25) is 0 Å². The average molecular weight is 194 g/mol. The minimum absolute atomic E-state index is 0.266. The minimum Gasteiger partial charge on any atom is -0.399 e. The predicted octanol–water partition coefficient (Wildman–Crippen LogP) is 1.76. The number of anilines is 2. The number of aliphatic hydroxyl groups is 1. The Balaban J connectivity index is 2.39. The molecule has 0 saturated carbocycles. The van der Waals surface area contributed by atoms with Crippen molar-refractivity contribution in [3.05, 3.63) is 23.8 Å². The lowest BCUT2D eigenvalue weighted by Gasteiger charge is -2.07. The van der Waals surface area contributed by atoms with Crippen molar-refractivity contribution in [3.63, 3.8) is 0 Å². The van der Waals surface area contributed by atoms with Gasteiger partial charge >= 0.3 is 0 Å². The van der Waals surface area contributed by atoms with Crippen LogP contribution in [0.15, 0.2) is 18.2 Å². The first-order chi connectivity index (χ1) is 6.74. The summed E-state index contributed by atoms with van der Waals surface area (Å²) >= 11 is 0. The van der Waals surface area contributed by atoms with Crippen LogP contribution in [0.2, 0.25) is 0 Å². The van der Waals surface area contributed by atoms with Gasteiger partial charge in [-0.25, -0.2) is 0 Å². The van der Waals surface area contributed by atoms with Crippen LogP contribution in [-0.2, 0) is 0 Å². The van der Waals surface area contributed by atoms with Gasteiger partial charge < -0.3 is 16.2 Å². The standard InChI is InChI=1S/C11H18N2O/c1-9-8-10(4-5-11(9)12)13-6-2-3-7-14/h4-5,8,13-14H,2-3,6-7,12H2,1H3. The number of nitrogens with two attached hydrogens (primary N) is 1. The number of benzene rings is 1. The molecule has 0 atom stereocenters. The maximum Gasteiger partial charge on any atom is 0.0431 e. The third kappa shape index (κ3) is 3.26. The van der Waals surface area contributed by atoms with E-state index in [1.54, 1.807) is 0 Å². The SMILES string of the molecule is Cc1cc(NCCCCO)ccc1N. The molecule has 1 aromatic carbocycles. The molecule has 4 N–H and O–H groups in total. The van der Waals surface area contributed by atoms with E-state index in [0.29, 0.717) is 0 Å². The van der Waals surface area contributed by atoms with E-state index in [1.807, 2.05) is 25.1 Å². The van der Waals surface area contributed by atoms with Gasteiger partial charge in [-0.1, -0.05) is 0 Å². The van der Waals surface area contributed by atoms with E-state index in [0.717, 1.165) is 36.3 Å². The van der Waals surface area contributed by atoms with E-state index < -0.39 is 0 Å². The van der Waals surface area contributed by atoms with Crippen LogP contribution in [0.3, 0.4) is 0 Å². The maximum atomic E-state index is 8.60. The van der Waals surface area contributed by atoms with E-state index in [-0.39, 0.29) is 6.61 Å². The van der Waals surface area contributed by atoms with E-state index in [1.165, 1.54) is 0 Å². The molecule has 3 nitrogen and oxygen atoms in total. The monoisotopic (exact) mass is 194 g/mol. The zero-order chi connectivity index (χ0) is 10.4. The first kappa shape index (κ1) is 10.9. The molecule has 1 aromatic rings.